The van der Waals surface area contributed by atoms with E-state index in [1.807, 2.05) is 0 Å². The van der Waals surface area contributed by atoms with E-state index < -0.39 is 5.95 Å². The monoisotopic (exact) mass is 142 g/mol. The molecule has 0 aliphatic carbocycles. The van der Waals surface area contributed by atoms with Crippen molar-refractivity contribution in [2.24, 2.45) is 0 Å². The van der Waals surface area contributed by atoms with Crippen LogP contribution >= 0.6 is 0 Å². The van der Waals surface area contributed by atoms with Crippen molar-refractivity contribution in [3.05, 3.63) is 17.7 Å². The molecule has 3 nitrogen and oxygen atoms in total. The average Bonchev–Trinajstić information content (AvgIpc) is 1.95. The zero-order chi connectivity index (χ0) is 7.56. The molecule has 1 aromatic heterocycles. The Labute approximate surface area is 57.9 Å². The highest BCUT2D eigenvalue weighted by molar-refractivity contribution is 5.06. The maximum Gasteiger partial charge on any atom is 0.318 e. The normalized spacial score (nSPS) is 9.50. The molecule has 0 spiro atoms. The molecule has 4 heteroatoms. The molecule has 1 rings (SSSR count). The first kappa shape index (κ1) is 6.92. The molecule has 1 aromatic rings. The Morgan fingerprint density at radius 3 is 2.80 bits per heavy atom. The third-order valence-corrected chi connectivity index (χ3v) is 1.07. The molecule has 0 unspecified atom stereocenters. The first-order valence-corrected chi connectivity index (χ1v) is 2.77. The van der Waals surface area contributed by atoms with Crippen molar-refractivity contribution in [3.63, 3.8) is 0 Å². The summed E-state index contributed by atoms with van der Waals surface area (Å²) < 4.78 is 17.1. The van der Waals surface area contributed by atoms with Crippen molar-refractivity contribution < 1.29 is 9.13 Å². The van der Waals surface area contributed by atoms with Gasteiger partial charge in [-0.05, 0) is 6.92 Å². The number of nitrogens with zero attached hydrogens (tertiary/aromatic N) is 2. The van der Waals surface area contributed by atoms with E-state index in [-0.39, 0.29) is 6.01 Å². The van der Waals surface area contributed by atoms with Gasteiger partial charge in [0, 0.05) is 11.8 Å². The summed E-state index contributed by atoms with van der Waals surface area (Å²) in [6.07, 6.45) is 1.38. The lowest BCUT2D eigenvalue weighted by Gasteiger charge is -1.96. The van der Waals surface area contributed by atoms with Gasteiger partial charge in [-0.1, -0.05) is 0 Å². The number of methoxy groups -OCH3 is 1. The van der Waals surface area contributed by atoms with E-state index in [9.17, 15) is 4.39 Å². The number of ether oxygens (including phenoxy) is 1. The maximum atomic E-state index is 12.5. The van der Waals surface area contributed by atoms with Gasteiger partial charge >= 0.3 is 6.01 Å². The fourth-order valence-electron chi connectivity index (χ4n) is 0.505. The Kier molecular flexibility index (Phi) is 1.80. The molecule has 54 valence electrons. The highest BCUT2D eigenvalue weighted by Crippen LogP contribution is 2.04. The molecule has 0 saturated heterocycles. The standard InChI is InChI=1S/C6H7FN2O/c1-4-3-8-6(10-2)9-5(4)7/h3H,1-2H3. The van der Waals surface area contributed by atoms with Crippen molar-refractivity contribution >= 4 is 0 Å². The molecule has 0 aliphatic rings. The summed E-state index contributed by atoms with van der Waals surface area (Å²) in [6.45, 7) is 1.59. The van der Waals surface area contributed by atoms with Gasteiger partial charge in [0.15, 0.2) is 0 Å². The second-order valence-corrected chi connectivity index (χ2v) is 1.83. The Hall–Kier alpha value is -1.19. The Balaban J connectivity index is 3.04. The summed E-state index contributed by atoms with van der Waals surface area (Å²) in [4.78, 5) is 7.08. The second-order valence-electron chi connectivity index (χ2n) is 1.83. The van der Waals surface area contributed by atoms with Crippen molar-refractivity contribution in [2.45, 2.75) is 6.92 Å². The van der Waals surface area contributed by atoms with Gasteiger partial charge in [0.25, 0.3) is 0 Å². The van der Waals surface area contributed by atoms with Crippen LogP contribution in [0.2, 0.25) is 0 Å². The summed E-state index contributed by atoms with van der Waals surface area (Å²) in [7, 11) is 1.39. The second kappa shape index (κ2) is 2.60. The molecule has 0 N–H and O–H groups in total. The van der Waals surface area contributed by atoms with Crippen LogP contribution in [0.25, 0.3) is 0 Å². The summed E-state index contributed by atoms with van der Waals surface area (Å²) >= 11 is 0. The number of aromatic nitrogens is 2. The molecule has 0 fully saturated rings. The van der Waals surface area contributed by atoms with Crippen molar-refractivity contribution in [1.82, 2.24) is 9.97 Å². The molecular weight excluding hydrogens is 135 g/mol. The minimum absolute atomic E-state index is 0.0584. The SMILES string of the molecule is COc1ncc(C)c(F)n1. The summed E-state index contributed by atoms with van der Waals surface area (Å²) in [5.74, 6) is -0.535. The first-order chi connectivity index (χ1) is 4.74. The number of hydrogen-bond acceptors (Lipinski definition) is 3. The molecule has 0 atom stereocenters. The number of aryl methyl sites for hydroxylation is 1. The third-order valence-electron chi connectivity index (χ3n) is 1.07. The van der Waals surface area contributed by atoms with Crippen molar-refractivity contribution in [2.75, 3.05) is 7.11 Å². The zero-order valence-corrected chi connectivity index (χ0v) is 5.76. The van der Waals surface area contributed by atoms with Crippen LogP contribution in [0.5, 0.6) is 6.01 Å². The lowest BCUT2D eigenvalue weighted by atomic mass is 10.4. The predicted molar refractivity (Wildman–Crippen MR) is 33.3 cm³/mol. The van der Waals surface area contributed by atoms with E-state index in [0.717, 1.165) is 0 Å². The smallest absolute Gasteiger partial charge is 0.318 e. The fourth-order valence-corrected chi connectivity index (χ4v) is 0.505. The van der Waals surface area contributed by atoms with Gasteiger partial charge in [-0.25, -0.2) is 4.98 Å². The van der Waals surface area contributed by atoms with Crippen LogP contribution in [0.4, 0.5) is 4.39 Å². The predicted octanol–water partition coefficient (Wildman–Crippen LogP) is 0.933. The molecule has 0 aromatic carbocycles. The van der Waals surface area contributed by atoms with E-state index >= 15 is 0 Å². The molecule has 0 aliphatic heterocycles. The maximum absolute atomic E-state index is 12.5. The molecule has 0 amide bonds. The van der Waals surface area contributed by atoms with Gasteiger partial charge in [-0.3, -0.25) is 0 Å². The van der Waals surface area contributed by atoms with Crippen LogP contribution in [0.15, 0.2) is 6.20 Å². The van der Waals surface area contributed by atoms with Gasteiger partial charge in [0.05, 0.1) is 7.11 Å². The Morgan fingerprint density at radius 2 is 2.30 bits per heavy atom. The van der Waals surface area contributed by atoms with E-state index in [1.54, 1.807) is 6.92 Å². The number of rotatable bonds is 1. The largest absolute Gasteiger partial charge is 0.467 e. The molecule has 10 heavy (non-hydrogen) atoms. The van der Waals surface area contributed by atoms with Crippen LogP contribution in [0.3, 0.4) is 0 Å². The van der Waals surface area contributed by atoms with E-state index in [4.69, 9.17) is 0 Å². The van der Waals surface area contributed by atoms with Gasteiger partial charge in [0.2, 0.25) is 5.95 Å². The highest BCUT2D eigenvalue weighted by atomic mass is 19.1. The number of hydrogen-bond donors (Lipinski definition) is 0. The van der Waals surface area contributed by atoms with Gasteiger partial charge in [-0.15, -0.1) is 0 Å². The van der Waals surface area contributed by atoms with Crippen LogP contribution in [0, 0.1) is 12.9 Å². The number of halogens is 1. The Morgan fingerprint density at radius 1 is 1.60 bits per heavy atom. The van der Waals surface area contributed by atoms with Crippen molar-refractivity contribution in [3.8, 4) is 6.01 Å². The summed E-state index contributed by atoms with van der Waals surface area (Å²) in [5.41, 5.74) is 0.417. The van der Waals surface area contributed by atoms with Crippen LogP contribution in [-0.2, 0) is 0 Å². The fraction of sp³-hybridized carbons (Fsp3) is 0.333. The van der Waals surface area contributed by atoms with Gasteiger partial charge < -0.3 is 4.74 Å². The minimum Gasteiger partial charge on any atom is -0.467 e. The molecule has 1 heterocycles. The van der Waals surface area contributed by atoms with E-state index in [1.165, 1.54) is 13.3 Å². The van der Waals surface area contributed by atoms with Crippen LogP contribution < -0.4 is 4.74 Å². The highest BCUT2D eigenvalue weighted by Gasteiger charge is 2.00. The van der Waals surface area contributed by atoms with Gasteiger partial charge in [-0.2, -0.15) is 9.37 Å². The lowest BCUT2D eigenvalue weighted by molar-refractivity contribution is 0.368. The van der Waals surface area contributed by atoms with Gasteiger partial charge in [0.1, 0.15) is 0 Å². The first-order valence-electron chi connectivity index (χ1n) is 2.77. The topological polar surface area (TPSA) is 35.0 Å². The Bertz CT molecular complexity index is 239. The molecular formula is C6H7FN2O. The van der Waals surface area contributed by atoms with E-state index in [0.29, 0.717) is 5.56 Å². The molecule has 0 radical (unpaired) electrons. The minimum atomic E-state index is -0.535. The third kappa shape index (κ3) is 1.21. The molecule has 0 saturated carbocycles. The zero-order valence-electron chi connectivity index (χ0n) is 5.76. The average molecular weight is 142 g/mol. The van der Waals surface area contributed by atoms with Crippen molar-refractivity contribution in [1.29, 1.82) is 0 Å². The van der Waals surface area contributed by atoms with Crippen LogP contribution in [0.1, 0.15) is 5.56 Å². The molecule has 0 bridgehead atoms. The summed E-state index contributed by atoms with van der Waals surface area (Å²) in [6, 6.07) is 0.0584. The van der Waals surface area contributed by atoms with E-state index in [2.05, 4.69) is 14.7 Å². The lowest BCUT2D eigenvalue weighted by Crippen LogP contribution is -1.95. The quantitative estimate of drug-likeness (QED) is 0.547. The summed E-state index contributed by atoms with van der Waals surface area (Å²) in [5, 5.41) is 0. The van der Waals surface area contributed by atoms with Crippen LogP contribution in [-0.4, -0.2) is 17.1 Å².